The predicted octanol–water partition coefficient (Wildman–Crippen LogP) is 2.94. The van der Waals surface area contributed by atoms with Crippen LogP contribution in [0, 0.1) is 5.92 Å². The molecule has 0 aromatic heterocycles. The third-order valence-corrected chi connectivity index (χ3v) is 6.11. The summed E-state index contributed by atoms with van der Waals surface area (Å²) in [4.78, 5) is 0.263. The highest BCUT2D eigenvalue weighted by Gasteiger charge is 2.25. The van der Waals surface area contributed by atoms with E-state index in [1.54, 1.807) is 38.2 Å². The van der Waals surface area contributed by atoms with Crippen molar-refractivity contribution in [1.29, 1.82) is 0 Å². The molecule has 1 aromatic rings. The number of rotatable bonds is 5. The second-order valence-electron chi connectivity index (χ2n) is 6.04. The molecule has 118 valence electrons. The van der Waals surface area contributed by atoms with Gasteiger partial charge in [-0.2, -0.15) is 0 Å². The van der Waals surface area contributed by atoms with Crippen LogP contribution >= 0.6 is 0 Å². The summed E-state index contributed by atoms with van der Waals surface area (Å²) in [7, 11) is -1.82. The first kappa shape index (κ1) is 16.5. The zero-order valence-electron chi connectivity index (χ0n) is 12.8. The summed E-state index contributed by atoms with van der Waals surface area (Å²) in [6.45, 7) is 2.22. The Morgan fingerprint density at radius 1 is 1.29 bits per heavy atom. The fraction of sp³-hybridized carbons (Fsp3) is 0.625. The highest BCUT2D eigenvalue weighted by atomic mass is 32.2. The molecule has 2 rings (SSSR count). The molecule has 4 nitrogen and oxygen atoms in total. The molecular weight excluding hydrogens is 286 g/mol. The lowest BCUT2D eigenvalue weighted by atomic mass is 9.89. The molecule has 0 amide bonds. The van der Waals surface area contributed by atoms with Gasteiger partial charge < -0.3 is 5.11 Å². The number of hydrogen-bond donors (Lipinski definition) is 1. The predicted molar refractivity (Wildman–Crippen MR) is 83.5 cm³/mol. The van der Waals surface area contributed by atoms with Crippen LogP contribution in [0.4, 0.5) is 0 Å². The van der Waals surface area contributed by atoms with Crippen molar-refractivity contribution in [2.24, 2.45) is 5.92 Å². The third kappa shape index (κ3) is 4.05. The van der Waals surface area contributed by atoms with Crippen molar-refractivity contribution in [1.82, 2.24) is 4.31 Å². The van der Waals surface area contributed by atoms with Crippen molar-refractivity contribution in [2.75, 3.05) is 13.6 Å². The van der Waals surface area contributed by atoms with Gasteiger partial charge in [-0.05, 0) is 43.4 Å². The number of sulfonamides is 1. The monoisotopic (exact) mass is 311 g/mol. The fourth-order valence-electron chi connectivity index (χ4n) is 2.95. The van der Waals surface area contributed by atoms with Gasteiger partial charge in [0.05, 0.1) is 11.0 Å². The van der Waals surface area contributed by atoms with E-state index < -0.39 is 16.1 Å². The van der Waals surface area contributed by atoms with E-state index in [-0.39, 0.29) is 4.90 Å². The molecule has 0 spiro atoms. The molecule has 1 aliphatic rings. The minimum Gasteiger partial charge on any atom is -0.389 e. The van der Waals surface area contributed by atoms with Gasteiger partial charge in [0.15, 0.2) is 0 Å². The summed E-state index contributed by atoms with van der Waals surface area (Å²) < 4.78 is 26.7. The van der Waals surface area contributed by atoms with Crippen LogP contribution in [0.25, 0.3) is 0 Å². The van der Waals surface area contributed by atoms with Gasteiger partial charge in [-0.25, -0.2) is 12.7 Å². The van der Waals surface area contributed by atoms with E-state index in [1.807, 2.05) is 0 Å². The number of benzene rings is 1. The lowest BCUT2D eigenvalue weighted by Crippen LogP contribution is -2.32. The third-order valence-electron chi connectivity index (χ3n) is 4.29. The maximum atomic E-state index is 12.6. The Hall–Kier alpha value is -0.910. The lowest BCUT2D eigenvalue weighted by molar-refractivity contribution is 0.199. The van der Waals surface area contributed by atoms with Crippen molar-refractivity contribution in [3.63, 3.8) is 0 Å². The highest BCUT2D eigenvalue weighted by molar-refractivity contribution is 7.89. The normalized spacial score (nSPS) is 18.9. The minimum atomic E-state index is -3.47. The summed E-state index contributed by atoms with van der Waals surface area (Å²) in [6, 6.07) is 6.59. The molecule has 0 heterocycles. The molecule has 1 atom stereocenters. The molecule has 21 heavy (non-hydrogen) atoms. The van der Waals surface area contributed by atoms with Gasteiger partial charge in [0.25, 0.3) is 0 Å². The van der Waals surface area contributed by atoms with E-state index in [2.05, 4.69) is 0 Å². The second-order valence-corrected chi connectivity index (χ2v) is 8.08. The minimum absolute atomic E-state index is 0.263. The van der Waals surface area contributed by atoms with Crippen LogP contribution in [0.2, 0.25) is 0 Å². The fourth-order valence-corrected chi connectivity index (χ4v) is 4.25. The van der Waals surface area contributed by atoms with Crippen molar-refractivity contribution in [2.45, 2.75) is 50.0 Å². The molecule has 1 unspecified atom stereocenters. The maximum Gasteiger partial charge on any atom is 0.242 e. The van der Waals surface area contributed by atoms with Crippen molar-refractivity contribution in [3.05, 3.63) is 29.8 Å². The molecule has 1 saturated carbocycles. The first-order valence-corrected chi connectivity index (χ1v) is 9.09. The Labute approximate surface area is 127 Å². The zero-order valence-corrected chi connectivity index (χ0v) is 13.6. The van der Waals surface area contributed by atoms with E-state index in [4.69, 9.17) is 0 Å². The van der Waals surface area contributed by atoms with E-state index in [9.17, 15) is 13.5 Å². The first-order chi connectivity index (χ1) is 9.91. The van der Waals surface area contributed by atoms with Crippen LogP contribution < -0.4 is 0 Å². The zero-order chi connectivity index (χ0) is 15.5. The number of aliphatic hydroxyl groups is 1. The Morgan fingerprint density at radius 2 is 1.95 bits per heavy atom. The smallest absolute Gasteiger partial charge is 0.242 e. The lowest BCUT2D eigenvalue weighted by Gasteiger charge is -2.26. The van der Waals surface area contributed by atoms with Crippen LogP contribution in [-0.2, 0) is 10.0 Å². The van der Waals surface area contributed by atoms with Gasteiger partial charge in [-0.1, -0.05) is 31.4 Å². The number of hydrogen-bond acceptors (Lipinski definition) is 3. The largest absolute Gasteiger partial charge is 0.389 e. The quantitative estimate of drug-likeness (QED) is 0.909. The molecule has 0 bridgehead atoms. The van der Waals surface area contributed by atoms with Crippen molar-refractivity contribution in [3.8, 4) is 0 Å². The first-order valence-electron chi connectivity index (χ1n) is 7.65. The summed E-state index contributed by atoms with van der Waals surface area (Å²) in [5.74, 6) is 0.471. The Bertz CT molecular complexity index is 563. The molecule has 0 radical (unpaired) electrons. The molecule has 1 N–H and O–H groups in total. The highest BCUT2D eigenvalue weighted by Crippen LogP contribution is 2.26. The van der Waals surface area contributed by atoms with Crippen LogP contribution in [-0.4, -0.2) is 31.4 Å². The maximum absolute atomic E-state index is 12.6. The van der Waals surface area contributed by atoms with Gasteiger partial charge in [0.2, 0.25) is 10.0 Å². The molecule has 1 aliphatic carbocycles. The molecule has 1 fully saturated rings. The Kier molecular flexibility index (Phi) is 5.41. The molecule has 0 aliphatic heterocycles. The number of aliphatic hydroxyl groups excluding tert-OH is 1. The molecule has 0 saturated heterocycles. The molecular formula is C16H25NO3S. The summed E-state index contributed by atoms with van der Waals surface area (Å²) in [5.41, 5.74) is 0.627. The topological polar surface area (TPSA) is 57.6 Å². The van der Waals surface area contributed by atoms with Gasteiger partial charge in [0, 0.05) is 13.6 Å². The summed E-state index contributed by atoms with van der Waals surface area (Å²) in [6.07, 6.45) is 5.25. The summed E-state index contributed by atoms with van der Waals surface area (Å²) >= 11 is 0. The van der Waals surface area contributed by atoms with E-state index in [0.717, 1.165) is 12.8 Å². The standard InChI is InChI=1S/C16H25NO3S/c1-13(18)15-9-6-10-16(11-15)21(19,20)17(2)12-14-7-4-3-5-8-14/h6,9-11,13-14,18H,3-5,7-8,12H2,1-2H3. The van der Waals surface area contributed by atoms with Crippen LogP contribution in [0.15, 0.2) is 29.2 Å². The van der Waals surface area contributed by atoms with E-state index in [1.165, 1.54) is 23.6 Å². The van der Waals surface area contributed by atoms with Crippen molar-refractivity contribution >= 4 is 10.0 Å². The van der Waals surface area contributed by atoms with Gasteiger partial charge in [-0.15, -0.1) is 0 Å². The van der Waals surface area contributed by atoms with E-state index >= 15 is 0 Å². The second kappa shape index (κ2) is 6.90. The van der Waals surface area contributed by atoms with Gasteiger partial charge >= 0.3 is 0 Å². The Balaban J connectivity index is 2.14. The molecule has 5 heteroatoms. The van der Waals surface area contributed by atoms with Gasteiger partial charge in [-0.3, -0.25) is 0 Å². The Morgan fingerprint density at radius 3 is 2.57 bits per heavy atom. The SMILES string of the molecule is CC(O)c1cccc(S(=O)(=O)N(C)CC2CCCCC2)c1. The average molecular weight is 311 g/mol. The van der Waals surface area contributed by atoms with E-state index in [0.29, 0.717) is 18.0 Å². The number of nitrogens with zero attached hydrogens (tertiary/aromatic N) is 1. The summed E-state index contributed by atoms with van der Waals surface area (Å²) in [5, 5.41) is 9.61. The van der Waals surface area contributed by atoms with Crippen LogP contribution in [0.5, 0.6) is 0 Å². The molecule has 1 aromatic carbocycles. The van der Waals surface area contributed by atoms with Gasteiger partial charge in [0.1, 0.15) is 0 Å². The van der Waals surface area contributed by atoms with Crippen LogP contribution in [0.3, 0.4) is 0 Å². The average Bonchev–Trinajstić information content (AvgIpc) is 2.48. The van der Waals surface area contributed by atoms with Crippen LogP contribution in [0.1, 0.15) is 50.7 Å². The van der Waals surface area contributed by atoms with Crippen molar-refractivity contribution < 1.29 is 13.5 Å².